The van der Waals surface area contributed by atoms with E-state index in [1.54, 1.807) is 36.7 Å². The summed E-state index contributed by atoms with van der Waals surface area (Å²) in [6.07, 6.45) is 3.36. The maximum atomic E-state index is 13.4. The van der Waals surface area contributed by atoms with E-state index in [0.29, 0.717) is 19.6 Å². The molecule has 3 rings (SSSR count). The van der Waals surface area contributed by atoms with E-state index >= 15 is 0 Å². The lowest BCUT2D eigenvalue weighted by Crippen LogP contribution is -2.48. The number of nitrogens with one attached hydrogen (secondary N) is 1. The van der Waals surface area contributed by atoms with Gasteiger partial charge in [-0.25, -0.2) is 8.42 Å². The third-order valence-electron chi connectivity index (χ3n) is 4.21. The second-order valence-electron chi connectivity index (χ2n) is 5.61. The Bertz CT molecular complexity index is 811. The van der Waals surface area contributed by atoms with Gasteiger partial charge in [-0.1, -0.05) is 12.1 Å². The first-order chi connectivity index (χ1) is 12.1. The Balaban J connectivity index is 0.00000243. The van der Waals surface area contributed by atoms with Crippen molar-refractivity contribution in [3.63, 3.8) is 0 Å². The molecule has 0 amide bonds. The van der Waals surface area contributed by atoms with Crippen LogP contribution in [0.3, 0.4) is 0 Å². The SMILES string of the molecule is COc1cccc(OC)c1S(=O)(=O)N1CCNCC1c1cccnc1.Cl. The molecule has 9 heteroatoms. The van der Waals surface area contributed by atoms with Crippen molar-refractivity contribution in [1.82, 2.24) is 14.6 Å². The zero-order chi connectivity index (χ0) is 17.9. The Hall–Kier alpha value is -1.87. The van der Waals surface area contributed by atoms with Crippen LogP contribution in [0.5, 0.6) is 11.5 Å². The highest BCUT2D eigenvalue weighted by Crippen LogP contribution is 2.38. The van der Waals surface area contributed by atoms with Gasteiger partial charge in [0.15, 0.2) is 4.90 Å². The molecule has 0 aliphatic carbocycles. The number of hydrogen-bond acceptors (Lipinski definition) is 6. The number of halogens is 1. The predicted octanol–water partition coefficient (Wildman–Crippen LogP) is 1.86. The molecule has 1 aliphatic heterocycles. The molecule has 0 spiro atoms. The quantitative estimate of drug-likeness (QED) is 0.826. The second-order valence-corrected chi connectivity index (χ2v) is 7.44. The van der Waals surface area contributed by atoms with Gasteiger partial charge in [0.25, 0.3) is 10.0 Å². The molecule has 1 unspecified atom stereocenters. The molecule has 26 heavy (non-hydrogen) atoms. The number of aromatic nitrogens is 1. The number of hydrogen-bond donors (Lipinski definition) is 1. The third kappa shape index (κ3) is 3.78. The fraction of sp³-hybridized carbons (Fsp3) is 0.353. The van der Waals surface area contributed by atoms with Crippen LogP contribution in [0.2, 0.25) is 0 Å². The number of piperazine rings is 1. The van der Waals surface area contributed by atoms with Crippen molar-refractivity contribution in [3.8, 4) is 11.5 Å². The van der Waals surface area contributed by atoms with Gasteiger partial charge in [-0.05, 0) is 23.8 Å². The monoisotopic (exact) mass is 399 g/mol. The molecular formula is C17H22ClN3O4S. The topological polar surface area (TPSA) is 80.8 Å². The molecule has 1 N–H and O–H groups in total. The minimum atomic E-state index is -3.83. The normalized spacial score (nSPS) is 18.0. The van der Waals surface area contributed by atoms with Crippen LogP contribution < -0.4 is 14.8 Å². The van der Waals surface area contributed by atoms with Crippen molar-refractivity contribution in [3.05, 3.63) is 48.3 Å². The first kappa shape index (κ1) is 20.4. The van der Waals surface area contributed by atoms with Crippen LogP contribution in [-0.4, -0.2) is 51.6 Å². The largest absolute Gasteiger partial charge is 0.495 e. The fourth-order valence-electron chi connectivity index (χ4n) is 3.02. The van der Waals surface area contributed by atoms with Crippen molar-refractivity contribution >= 4 is 22.4 Å². The Kier molecular flexibility index (Phi) is 6.82. The Morgan fingerprint density at radius 3 is 2.42 bits per heavy atom. The number of benzene rings is 1. The zero-order valence-electron chi connectivity index (χ0n) is 14.6. The summed E-state index contributed by atoms with van der Waals surface area (Å²) < 4.78 is 39.0. The molecule has 2 aromatic rings. The summed E-state index contributed by atoms with van der Waals surface area (Å²) in [5.74, 6) is 0.533. The van der Waals surface area contributed by atoms with Crippen LogP contribution >= 0.6 is 12.4 Å². The van der Waals surface area contributed by atoms with Crippen LogP contribution in [0.1, 0.15) is 11.6 Å². The molecular weight excluding hydrogens is 378 g/mol. The van der Waals surface area contributed by atoms with Gasteiger partial charge in [0.1, 0.15) is 11.5 Å². The van der Waals surface area contributed by atoms with E-state index in [1.807, 2.05) is 6.07 Å². The second kappa shape index (κ2) is 8.68. The van der Waals surface area contributed by atoms with E-state index < -0.39 is 10.0 Å². The number of sulfonamides is 1. The van der Waals surface area contributed by atoms with Crippen LogP contribution in [0.15, 0.2) is 47.6 Å². The molecule has 1 aromatic heterocycles. The third-order valence-corrected chi connectivity index (χ3v) is 6.19. The highest BCUT2D eigenvalue weighted by atomic mass is 35.5. The molecule has 1 fully saturated rings. The molecule has 1 saturated heterocycles. The van der Waals surface area contributed by atoms with Gasteiger partial charge in [0, 0.05) is 32.0 Å². The average molecular weight is 400 g/mol. The molecule has 0 bridgehead atoms. The lowest BCUT2D eigenvalue weighted by Gasteiger charge is -2.35. The van der Waals surface area contributed by atoms with Crippen molar-refractivity contribution in [1.29, 1.82) is 0 Å². The maximum absolute atomic E-state index is 13.4. The molecule has 1 aromatic carbocycles. The average Bonchev–Trinajstić information content (AvgIpc) is 2.67. The van der Waals surface area contributed by atoms with Gasteiger partial charge in [-0.15, -0.1) is 12.4 Å². The number of rotatable bonds is 5. The summed E-state index contributed by atoms with van der Waals surface area (Å²) in [5, 5.41) is 3.25. The zero-order valence-corrected chi connectivity index (χ0v) is 16.2. The van der Waals surface area contributed by atoms with Crippen molar-refractivity contribution in [2.24, 2.45) is 0 Å². The van der Waals surface area contributed by atoms with Crippen LogP contribution in [0, 0.1) is 0 Å². The molecule has 0 saturated carbocycles. The van der Waals surface area contributed by atoms with Crippen LogP contribution in [0.25, 0.3) is 0 Å². The fourth-order valence-corrected chi connectivity index (χ4v) is 4.93. The summed E-state index contributed by atoms with van der Waals surface area (Å²) in [4.78, 5) is 4.17. The van der Waals surface area contributed by atoms with Gasteiger partial charge in [-0.2, -0.15) is 4.31 Å². The molecule has 7 nitrogen and oxygen atoms in total. The number of nitrogens with zero attached hydrogens (tertiary/aromatic N) is 2. The highest BCUT2D eigenvalue weighted by Gasteiger charge is 2.38. The van der Waals surface area contributed by atoms with E-state index in [-0.39, 0.29) is 34.8 Å². The Morgan fingerprint density at radius 1 is 1.15 bits per heavy atom. The summed E-state index contributed by atoms with van der Waals surface area (Å²) >= 11 is 0. The summed E-state index contributed by atoms with van der Waals surface area (Å²) in [7, 11) is -0.932. The minimum absolute atomic E-state index is 0. The molecule has 142 valence electrons. The first-order valence-electron chi connectivity index (χ1n) is 7.93. The van der Waals surface area contributed by atoms with Crippen molar-refractivity contribution in [2.45, 2.75) is 10.9 Å². The Morgan fingerprint density at radius 2 is 1.85 bits per heavy atom. The molecule has 2 heterocycles. The van der Waals surface area contributed by atoms with E-state index in [4.69, 9.17) is 9.47 Å². The van der Waals surface area contributed by atoms with Gasteiger partial charge >= 0.3 is 0 Å². The van der Waals surface area contributed by atoms with Gasteiger partial charge < -0.3 is 14.8 Å². The van der Waals surface area contributed by atoms with Gasteiger partial charge in [-0.3, -0.25) is 4.98 Å². The highest BCUT2D eigenvalue weighted by molar-refractivity contribution is 7.89. The van der Waals surface area contributed by atoms with Crippen molar-refractivity contribution < 1.29 is 17.9 Å². The van der Waals surface area contributed by atoms with Gasteiger partial charge in [0.05, 0.1) is 20.3 Å². The lowest BCUT2D eigenvalue weighted by molar-refractivity contribution is 0.268. The summed E-state index contributed by atoms with van der Waals surface area (Å²) in [6.45, 7) is 1.44. The predicted molar refractivity (Wildman–Crippen MR) is 101 cm³/mol. The molecule has 1 aliphatic rings. The number of ether oxygens (including phenoxy) is 2. The van der Waals surface area contributed by atoms with E-state index in [9.17, 15) is 8.42 Å². The summed E-state index contributed by atoms with van der Waals surface area (Å²) in [6, 6.07) is 8.29. The standard InChI is InChI=1S/C17H21N3O4S.ClH/c1-23-15-6-3-7-16(24-2)17(15)25(21,22)20-10-9-19-12-14(20)13-5-4-8-18-11-13;/h3-8,11,14,19H,9-10,12H2,1-2H3;1H. The maximum Gasteiger partial charge on any atom is 0.251 e. The molecule has 1 atom stereocenters. The Labute approximate surface area is 159 Å². The van der Waals surface area contributed by atoms with E-state index in [0.717, 1.165) is 5.56 Å². The van der Waals surface area contributed by atoms with Crippen LogP contribution in [0.4, 0.5) is 0 Å². The summed E-state index contributed by atoms with van der Waals surface area (Å²) in [5.41, 5.74) is 0.840. The van der Waals surface area contributed by atoms with E-state index in [1.165, 1.54) is 18.5 Å². The van der Waals surface area contributed by atoms with Crippen LogP contribution in [-0.2, 0) is 10.0 Å². The smallest absolute Gasteiger partial charge is 0.251 e. The number of pyridine rings is 1. The lowest BCUT2D eigenvalue weighted by atomic mass is 10.1. The van der Waals surface area contributed by atoms with Crippen molar-refractivity contribution in [2.75, 3.05) is 33.9 Å². The number of methoxy groups -OCH3 is 2. The van der Waals surface area contributed by atoms with E-state index in [2.05, 4.69) is 10.3 Å². The molecule has 0 radical (unpaired) electrons. The van der Waals surface area contributed by atoms with Gasteiger partial charge in [0.2, 0.25) is 0 Å². The first-order valence-corrected chi connectivity index (χ1v) is 9.37. The minimum Gasteiger partial charge on any atom is -0.495 e.